The third-order valence-electron chi connectivity index (χ3n) is 1.70. The van der Waals surface area contributed by atoms with Gasteiger partial charge >= 0.3 is 0 Å². The Hall–Kier alpha value is -1.09. The number of anilines is 1. The van der Waals surface area contributed by atoms with E-state index in [2.05, 4.69) is 0 Å². The Morgan fingerprint density at radius 1 is 1.27 bits per heavy atom. The van der Waals surface area contributed by atoms with E-state index >= 15 is 0 Å². The van der Waals surface area contributed by atoms with Crippen LogP contribution >= 0.6 is 0 Å². The molecule has 0 spiro atoms. The molecule has 2 N–H and O–H groups in total. The van der Waals surface area contributed by atoms with Crippen LogP contribution in [0.2, 0.25) is 0 Å². The third-order valence-corrected chi connectivity index (χ3v) is 1.70. The lowest BCUT2D eigenvalue weighted by Crippen LogP contribution is -1.95. The molecule has 0 atom stereocenters. The number of halogens is 1. The summed E-state index contributed by atoms with van der Waals surface area (Å²) in [5.74, 6) is -0.435. The van der Waals surface area contributed by atoms with Crippen molar-refractivity contribution in [1.82, 2.24) is 0 Å². The van der Waals surface area contributed by atoms with Crippen molar-refractivity contribution in [3.63, 3.8) is 0 Å². The first kappa shape index (κ1) is 8.01. The summed E-state index contributed by atoms with van der Waals surface area (Å²) in [5, 5.41) is 8.44. The summed E-state index contributed by atoms with van der Waals surface area (Å²) in [6.45, 7) is 3.68. The van der Waals surface area contributed by atoms with Gasteiger partial charge in [0.15, 0.2) is 0 Å². The summed E-state index contributed by atoms with van der Waals surface area (Å²) in [7, 11) is 0. The molecule has 1 aromatic carbocycles. The molecule has 0 aliphatic heterocycles. The van der Waals surface area contributed by atoms with E-state index in [9.17, 15) is 4.39 Å². The Balaban J connectivity index is 3.21. The van der Waals surface area contributed by atoms with Gasteiger partial charge in [-0.2, -0.15) is 0 Å². The molecule has 0 unspecified atom stereocenters. The number of hydrogen-bond donors (Lipinski definition) is 2. The predicted molar refractivity (Wildman–Crippen MR) is 41.3 cm³/mol. The van der Waals surface area contributed by atoms with Crippen LogP contribution in [0.25, 0.3) is 0 Å². The monoisotopic (exact) mass is 155 g/mol. The van der Waals surface area contributed by atoms with Crippen molar-refractivity contribution in [2.24, 2.45) is 0 Å². The molecule has 0 radical (unpaired) electrons. The van der Waals surface area contributed by atoms with Crippen molar-refractivity contribution in [3.8, 4) is 0 Å². The minimum atomic E-state index is -0.435. The number of aryl methyl sites for hydroxylation is 2. The Bertz CT molecular complexity index is 273. The molecule has 0 aliphatic rings. The molecule has 11 heavy (non-hydrogen) atoms. The van der Waals surface area contributed by atoms with Gasteiger partial charge in [-0.3, -0.25) is 10.7 Å². The normalized spacial score (nSPS) is 9.82. The number of nitrogens with one attached hydrogen (secondary N) is 1. The summed E-state index contributed by atoms with van der Waals surface area (Å²) in [6, 6.07) is 2.94. The molecule has 60 valence electrons. The number of hydrogen-bond acceptors (Lipinski definition) is 2. The van der Waals surface area contributed by atoms with Gasteiger partial charge in [0.1, 0.15) is 5.82 Å². The van der Waals surface area contributed by atoms with Crippen molar-refractivity contribution in [2.45, 2.75) is 13.8 Å². The molecule has 0 saturated heterocycles. The molecule has 0 amide bonds. The van der Waals surface area contributed by atoms with Crippen LogP contribution in [0.15, 0.2) is 12.1 Å². The van der Waals surface area contributed by atoms with E-state index in [1.54, 1.807) is 11.5 Å². The molecular formula is C8H10FNO. The van der Waals surface area contributed by atoms with Gasteiger partial charge in [-0.15, -0.1) is 0 Å². The molecule has 0 bridgehead atoms. The van der Waals surface area contributed by atoms with Crippen LogP contribution in [0.5, 0.6) is 0 Å². The van der Waals surface area contributed by atoms with Crippen LogP contribution < -0.4 is 5.48 Å². The average molecular weight is 155 g/mol. The third kappa shape index (κ3) is 1.49. The van der Waals surface area contributed by atoms with E-state index in [0.717, 1.165) is 11.1 Å². The summed E-state index contributed by atoms with van der Waals surface area (Å²) in [5.41, 5.74) is 3.73. The number of rotatable bonds is 1. The van der Waals surface area contributed by atoms with Crippen LogP contribution in [-0.2, 0) is 0 Å². The van der Waals surface area contributed by atoms with Crippen molar-refractivity contribution in [1.29, 1.82) is 0 Å². The molecule has 0 heterocycles. The van der Waals surface area contributed by atoms with Crippen LogP contribution in [0, 0.1) is 19.7 Å². The predicted octanol–water partition coefficient (Wildman–Crippen LogP) is 2.24. The molecule has 2 nitrogen and oxygen atoms in total. The lowest BCUT2D eigenvalue weighted by atomic mass is 10.1. The standard InChI is InChI=1S/C8H10FNO/c1-5-3-7(9)8(10-11)4-6(5)2/h3-4,10-11H,1-2H3. The zero-order valence-corrected chi connectivity index (χ0v) is 6.48. The van der Waals surface area contributed by atoms with Crippen LogP contribution in [0.3, 0.4) is 0 Å². The molecule has 3 heteroatoms. The maximum atomic E-state index is 12.8. The second-order valence-electron chi connectivity index (χ2n) is 2.53. The van der Waals surface area contributed by atoms with Crippen molar-refractivity contribution in [2.75, 3.05) is 5.48 Å². The molecule has 0 saturated carbocycles. The van der Waals surface area contributed by atoms with Crippen molar-refractivity contribution in [3.05, 3.63) is 29.1 Å². The van der Waals surface area contributed by atoms with E-state index in [-0.39, 0.29) is 5.69 Å². The number of benzene rings is 1. The molecule has 1 rings (SSSR count). The zero-order valence-electron chi connectivity index (χ0n) is 6.48. The quantitative estimate of drug-likeness (QED) is 0.609. The molecule has 0 aliphatic carbocycles. The lowest BCUT2D eigenvalue weighted by molar-refractivity contribution is 0.384. The van der Waals surface area contributed by atoms with E-state index < -0.39 is 5.82 Å². The summed E-state index contributed by atoms with van der Waals surface area (Å²) >= 11 is 0. The highest BCUT2D eigenvalue weighted by Crippen LogP contribution is 2.18. The van der Waals surface area contributed by atoms with E-state index in [4.69, 9.17) is 5.21 Å². The maximum absolute atomic E-state index is 12.8. The Morgan fingerprint density at radius 3 is 2.36 bits per heavy atom. The van der Waals surface area contributed by atoms with Crippen molar-refractivity contribution >= 4 is 5.69 Å². The van der Waals surface area contributed by atoms with Gasteiger partial charge in [-0.05, 0) is 37.1 Å². The zero-order chi connectivity index (χ0) is 8.43. The largest absolute Gasteiger partial charge is 0.291 e. The van der Waals surface area contributed by atoms with Gasteiger partial charge in [-0.1, -0.05) is 0 Å². The van der Waals surface area contributed by atoms with Crippen molar-refractivity contribution < 1.29 is 9.60 Å². The Labute approximate surface area is 64.6 Å². The Kier molecular flexibility index (Phi) is 2.10. The fourth-order valence-corrected chi connectivity index (χ4v) is 0.867. The first-order chi connectivity index (χ1) is 5.15. The molecular weight excluding hydrogens is 145 g/mol. The highest BCUT2D eigenvalue weighted by atomic mass is 19.1. The van der Waals surface area contributed by atoms with E-state index in [1.807, 2.05) is 13.8 Å². The van der Waals surface area contributed by atoms with Gasteiger partial charge in [0.2, 0.25) is 0 Å². The highest BCUT2D eigenvalue weighted by Gasteiger charge is 2.02. The molecule has 1 aromatic rings. The molecule has 0 aromatic heterocycles. The van der Waals surface area contributed by atoms with E-state index in [1.165, 1.54) is 6.07 Å². The topological polar surface area (TPSA) is 32.3 Å². The van der Waals surface area contributed by atoms with E-state index in [0.29, 0.717) is 0 Å². The maximum Gasteiger partial charge on any atom is 0.148 e. The minimum Gasteiger partial charge on any atom is -0.291 e. The van der Waals surface area contributed by atoms with Gasteiger partial charge in [-0.25, -0.2) is 4.39 Å². The van der Waals surface area contributed by atoms with Gasteiger partial charge in [0.25, 0.3) is 0 Å². The Morgan fingerprint density at radius 2 is 1.82 bits per heavy atom. The lowest BCUT2D eigenvalue weighted by Gasteiger charge is -2.04. The smallest absolute Gasteiger partial charge is 0.148 e. The highest BCUT2D eigenvalue weighted by molar-refractivity contribution is 5.47. The fourth-order valence-electron chi connectivity index (χ4n) is 0.867. The van der Waals surface area contributed by atoms with Gasteiger partial charge in [0.05, 0.1) is 5.69 Å². The van der Waals surface area contributed by atoms with Gasteiger partial charge in [0, 0.05) is 0 Å². The second-order valence-corrected chi connectivity index (χ2v) is 2.53. The van der Waals surface area contributed by atoms with Crippen LogP contribution in [0.4, 0.5) is 10.1 Å². The fraction of sp³-hybridized carbons (Fsp3) is 0.250. The first-order valence-corrected chi connectivity index (χ1v) is 3.32. The SMILES string of the molecule is Cc1cc(F)c(NO)cc1C. The van der Waals surface area contributed by atoms with Crippen LogP contribution in [0.1, 0.15) is 11.1 Å². The first-order valence-electron chi connectivity index (χ1n) is 3.32. The minimum absolute atomic E-state index is 0.119. The average Bonchev–Trinajstić information content (AvgIpc) is 1.97. The summed E-state index contributed by atoms with van der Waals surface area (Å²) < 4.78 is 12.8. The molecule has 0 fully saturated rings. The second kappa shape index (κ2) is 2.88. The van der Waals surface area contributed by atoms with Crippen LogP contribution in [-0.4, -0.2) is 5.21 Å². The summed E-state index contributed by atoms with van der Waals surface area (Å²) in [6.07, 6.45) is 0. The van der Waals surface area contributed by atoms with Gasteiger partial charge < -0.3 is 0 Å². The summed E-state index contributed by atoms with van der Waals surface area (Å²) in [4.78, 5) is 0.